The van der Waals surface area contributed by atoms with Crippen molar-refractivity contribution in [1.82, 2.24) is 14.9 Å². The number of rotatable bonds is 6. The Morgan fingerprint density at radius 1 is 1.05 bits per heavy atom. The third kappa shape index (κ3) is 5.35. The quantitative estimate of drug-likeness (QED) is 0.285. The number of benzene rings is 2. The predicted molar refractivity (Wildman–Crippen MR) is 159 cm³/mol. The molecule has 1 saturated heterocycles. The molecule has 212 valence electrons. The van der Waals surface area contributed by atoms with Crippen molar-refractivity contribution >= 4 is 22.5 Å². The number of amides is 1. The van der Waals surface area contributed by atoms with E-state index in [2.05, 4.69) is 14.9 Å². The van der Waals surface area contributed by atoms with Gasteiger partial charge in [0.15, 0.2) is 5.82 Å². The standard InChI is InChI=1S/C32H37FN4O3.H2/c1-20(2)21-17-22(24-19-34-12-11-27(24)40-32(3,4)5)23-18-25(35-30(23)29(21)33)31(38)37-15-13-36(14-16-37)26-9-7-8-10-28(26)39-6;/h7-12,17-20,35H,13-16H2,1-6H3;1H. The van der Waals surface area contributed by atoms with Gasteiger partial charge in [-0.3, -0.25) is 9.78 Å². The molecule has 7 nitrogen and oxygen atoms in total. The van der Waals surface area contributed by atoms with Crippen molar-refractivity contribution in [3.8, 4) is 22.6 Å². The lowest BCUT2D eigenvalue weighted by Crippen LogP contribution is -2.49. The van der Waals surface area contributed by atoms with Crippen LogP contribution in [0, 0.1) is 5.82 Å². The van der Waals surface area contributed by atoms with Crippen LogP contribution < -0.4 is 14.4 Å². The lowest BCUT2D eigenvalue weighted by atomic mass is 9.94. The molecule has 2 aromatic heterocycles. The Morgan fingerprint density at radius 3 is 2.45 bits per heavy atom. The SMILES string of the molecule is COc1ccccc1N1CCN(C(=O)c2cc3c(-c4cnccc4OC(C)(C)C)cc(C(C)C)c(F)c3[nH]2)CC1.[HH]. The Hall–Kier alpha value is -4.07. The molecule has 8 heteroatoms. The summed E-state index contributed by atoms with van der Waals surface area (Å²) >= 11 is 0. The number of pyridine rings is 1. The molecule has 1 aliphatic heterocycles. The van der Waals surface area contributed by atoms with E-state index in [0.29, 0.717) is 54.1 Å². The first kappa shape index (κ1) is 27.5. The molecule has 1 aliphatic rings. The summed E-state index contributed by atoms with van der Waals surface area (Å²) < 4.78 is 27.6. The molecule has 0 saturated carbocycles. The molecule has 2 aromatic carbocycles. The van der Waals surface area contributed by atoms with E-state index in [1.165, 1.54) is 0 Å². The van der Waals surface area contributed by atoms with Crippen LogP contribution in [-0.2, 0) is 0 Å². The van der Waals surface area contributed by atoms with Crippen LogP contribution >= 0.6 is 0 Å². The van der Waals surface area contributed by atoms with Crippen molar-refractivity contribution in [2.75, 3.05) is 38.2 Å². The van der Waals surface area contributed by atoms with E-state index in [1.807, 2.05) is 75.9 Å². The number of carbonyl (C=O) groups is 1. The number of H-pyrrole nitrogens is 1. The van der Waals surface area contributed by atoms with Crippen molar-refractivity contribution in [1.29, 1.82) is 0 Å². The second-order valence-electron chi connectivity index (χ2n) is 11.5. The summed E-state index contributed by atoms with van der Waals surface area (Å²) in [5.74, 6) is 0.927. The highest BCUT2D eigenvalue weighted by Gasteiger charge is 2.27. The number of nitrogens with one attached hydrogen (secondary N) is 1. The molecular weight excluding hydrogens is 507 g/mol. The molecule has 1 N–H and O–H groups in total. The minimum atomic E-state index is -0.429. The molecule has 40 heavy (non-hydrogen) atoms. The lowest BCUT2D eigenvalue weighted by molar-refractivity contribution is 0.0741. The van der Waals surface area contributed by atoms with Crippen molar-refractivity contribution in [2.45, 2.75) is 46.1 Å². The fourth-order valence-corrected chi connectivity index (χ4v) is 5.25. The minimum absolute atomic E-state index is 0. The molecule has 0 aliphatic carbocycles. The molecule has 3 heterocycles. The van der Waals surface area contributed by atoms with Gasteiger partial charge in [-0.15, -0.1) is 0 Å². The smallest absolute Gasteiger partial charge is 0.270 e. The Morgan fingerprint density at radius 2 is 1.77 bits per heavy atom. The van der Waals surface area contributed by atoms with Gasteiger partial charge < -0.3 is 24.3 Å². The first-order valence-corrected chi connectivity index (χ1v) is 13.7. The Labute approximate surface area is 236 Å². The molecule has 0 bridgehead atoms. The van der Waals surface area contributed by atoms with Gasteiger partial charge >= 0.3 is 0 Å². The first-order chi connectivity index (χ1) is 19.1. The van der Waals surface area contributed by atoms with Gasteiger partial charge in [0.1, 0.15) is 22.8 Å². The van der Waals surface area contributed by atoms with Gasteiger partial charge in [-0.05, 0) is 68.1 Å². The van der Waals surface area contributed by atoms with Crippen molar-refractivity contribution in [2.24, 2.45) is 0 Å². The van der Waals surface area contributed by atoms with E-state index in [-0.39, 0.29) is 19.1 Å². The number of nitrogens with zero attached hydrogens (tertiary/aromatic N) is 3. The number of carbonyl (C=O) groups excluding carboxylic acids is 1. The molecule has 0 radical (unpaired) electrons. The molecular formula is C32H39FN4O3. The Bertz CT molecular complexity index is 1540. The fraction of sp³-hybridized carbons (Fsp3) is 0.375. The van der Waals surface area contributed by atoms with Gasteiger partial charge in [0.2, 0.25) is 0 Å². The summed E-state index contributed by atoms with van der Waals surface area (Å²) in [5, 5.41) is 0.629. The number of para-hydroxylation sites is 2. The largest absolute Gasteiger partial charge is 0.495 e. The number of methoxy groups -OCH3 is 1. The average molecular weight is 547 g/mol. The topological polar surface area (TPSA) is 70.7 Å². The highest BCUT2D eigenvalue weighted by Crippen LogP contribution is 2.40. The lowest BCUT2D eigenvalue weighted by Gasteiger charge is -2.36. The highest BCUT2D eigenvalue weighted by atomic mass is 19.1. The summed E-state index contributed by atoms with van der Waals surface area (Å²) in [4.78, 5) is 25.2. The summed E-state index contributed by atoms with van der Waals surface area (Å²) in [6, 6.07) is 13.3. The zero-order valence-corrected chi connectivity index (χ0v) is 24.0. The number of aromatic nitrogens is 2. The summed E-state index contributed by atoms with van der Waals surface area (Å²) in [7, 11) is 1.66. The molecule has 1 amide bonds. The second-order valence-corrected chi connectivity index (χ2v) is 11.5. The number of hydrogen-bond acceptors (Lipinski definition) is 5. The Balaban J connectivity index is 0.00000387. The maximum Gasteiger partial charge on any atom is 0.270 e. The second kappa shape index (κ2) is 10.8. The maximum atomic E-state index is 15.8. The van der Waals surface area contributed by atoms with E-state index in [4.69, 9.17) is 9.47 Å². The highest BCUT2D eigenvalue weighted by molar-refractivity contribution is 6.04. The third-order valence-electron chi connectivity index (χ3n) is 7.21. The monoisotopic (exact) mass is 546 g/mol. The molecule has 0 atom stereocenters. The van der Waals surface area contributed by atoms with Crippen LogP contribution in [0.2, 0.25) is 0 Å². The molecule has 5 rings (SSSR count). The fourth-order valence-electron chi connectivity index (χ4n) is 5.25. The van der Waals surface area contributed by atoms with Gasteiger partial charge in [-0.25, -0.2) is 4.39 Å². The van der Waals surface area contributed by atoms with E-state index in [1.54, 1.807) is 25.6 Å². The molecule has 4 aromatic rings. The van der Waals surface area contributed by atoms with Crippen LogP contribution in [0.15, 0.2) is 54.9 Å². The number of fused-ring (bicyclic) bond motifs is 1. The zero-order chi connectivity index (χ0) is 28.6. The predicted octanol–water partition coefficient (Wildman–Crippen LogP) is 6.89. The number of ether oxygens (including phenoxy) is 2. The summed E-state index contributed by atoms with van der Waals surface area (Å²) in [5.41, 5.74) is 3.38. The van der Waals surface area contributed by atoms with Crippen LogP contribution in [0.25, 0.3) is 22.0 Å². The number of hydrogen-bond donors (Lipinski definition) is 1. The van der Waals surface area contributed by atoms with Crippen LogP contribution in [0.5, 0.6) is 11.5 Å². The number of piperazine rings is 1. The Kier molecular flexibility index (Phi) is 7.45. The number of halogens is 1. The van der Waals surface area contributed by atoms with Gasteiger partial charge in [0, 0.05) is 50.9 Å². The first-order valence-electron chi connectivity index (χ1n) is 13.7. The van der Waals surface area contributed by atoms with Gasteiger partial charge in [0.25, 0.3) is 5.91 Å². The normalized spacial score (nSPS) is 14.2. The number of aromatic amines is 1. The number of anilines is 1. The van der Waals surface area contributed by atoms with Gasteiger partial charge in [-0.1, -0.05) is 26.0 Å². The summed E-state index contributed by atoms with van der Waals surface area (Å²) in [6.07, 6.45) is 3.43. The molecule has 0 spiro atoms. The zero-order valence-electron chi connectivity index (χ0n) is 24.0. The van der Waals surface area contributed by atoms with Crippen molar-refractivity contribution in [3.63, 3.8) is 0 Å². The van der Waals surface area contributed by atoms with Crippen molar-refractivity contribution < 1.29 is 20.1 Å². The maximum absolute atomic E-state index is 15.8. The van der Waals surface area contributed by atoms with Crippen LogP contribution in [0.1, 0.15) is 58.0 Å². The third-order valence-corrected chi connectivity index (χ3v) is 7.21. The minimum Gasteiger partial charge on any atom is -0.495 e. The van der Waals surface area contributed by atoms with E-state index in [0.717, 1.165) is 22.6 Å². The molecule has 0 unspecified atom stereocenters. The van der Waals surface area contributed by atoms with Gasteiger partial charge in [0.05, 0.1) is 18.3 Å². The van der Waals surface area contributed by atoms with Crippen LogP contribution in [0.3, 0.4) is 0 Å². The van der Waals surface area contributed by atoms with E-state index in [9.17, 15) is 4.79 Å². The van der Waals surface area contributed by atoms with Crippen LogP contribution in [-0.4, -0.2) is 59.7 Å². The van der Waals surface area contributed by atoms with E-state index >= 15 is 4.39 Å². The molecule has 1 fully saturated rings. The van der Waals surface area contributed by atoms with E-state index < -0.39 is 5.60 Å². The van der Waals surface area contributed by atoms with Gasteiger partial charge in [-0.2, -0.15) is 0 Å². The van der Waals surface area contributed by atoms with Crippen LogP contribution in [0.4, 0.5) is 10.1 Å². The van der Waals surface area contributed by atoms with Crippen molar-refractivity contribution in [3.05, 3.63) is 71.9 Å². The summed E-state index contributed by atoms with van der Waals surface area (Å²) in [6.45, 7) is 12.3. The average Bonchev–Trinajstić information content (AvgIpc) is 3.39.